The molecule has 5 heterocycles. The van der Waals surface area contributed by atoms with E-state index in [0.717, 1.165) is 43.1 Å². The molecule has 3 aliphatic rings. The summed E-state index contributed by atoms with van der Waals surface area (Å²) in [7, 11) is 0. The number of halogens is 1. The third-order valence-corrected chi connectivity index (χ3v) is 7.62. The topological polar surface area (TPSA) is 92.6 Å². The fourth-order valence-corrected chi connectivity index (χ4v) is 5.77. The lowest BCUT2D eigenvalue weighted by Crippen LogP contribution is -2.51. The maximum absolute atomic E-state index is 13.4. The van der Waals surface area contributed by atoms with Crippen molar-refractivity contribution in [1.29, 1.82) is 0 Å². The first kappa shape index (κ1) is 19.8. The summed E-state index contributed by atoms with van der Waals surface area (Å²) in [4.78, 5) is 37.1. The van der Waals surface area contributed by atoms with Crippen LogP contribution in [0.15, 0.2) is 40.0 Å². The van der Waals surface area contributed by atoms with Gasteiger partial charge >= 0.3 is 5.97 Å². The Morgan fingerprint density at radius 1 is 1.31 bits per heavy atom. The molecule has 1 aromatic carbocycles. The van der Waals surface area contributed by atoms with E-state index >= 15 is 0 Å². The Hall–Kier alpha value is -2.84. The maximum atomic E-state index is 13.4. The van der Waals surface area contributed by atoms with Crippen molar-refractivity contribution in [2.45, 2.75) is 44.9 Å². The van der Waals surface area contributed by atoms with E-state index in [1.165, 1.54) is 0 Å². The van der Waals surface area contributed by atoms with E-state index < -0.39 is 11.6 Å². The van der Waals surface area contributed by atoms with E-state index in [9.17, 15) is 14.7 Å². The lowest BCUT2D eigenvalue weighted by Gasteiger charge is -2.41. The van der Waals surface area contributed by atoms with Crippen molar-refractivity contribution < 1.29 is 19.4 Å². The molecule has 6 rings (SSSR count). The molecule has 2 aromatic heterocycles. The van der Waals surface area contributed by atoms with Crippen LogP contribution in [0.1, 0.15) is 42.6 Å². The molecule has 1 N–H and O–H groups in total. The standard InChI is InChI=1S/C24H20BrN3O4/c1-3-24(31)16-7-19-21-14(9-28(19)22(29)15(16)10-32-23(24)30)11(2)20-13-6-12(25)8-26-17(13)4-5-18(20)27-21/h4-6,8,19,31H,3,7,9-10H2,1-2H3/t19?,24-/m0/s1. The minimum atomic E-state index is -1.75. The normalized spacial score (nSPS) is 24.6. The largest absolute Gasteiger partial charge is 0.458 e. The van der Waals surface area contributed by atoms with Gasteiger partial charge in [0.25, 0.3) is 5.91 Å². The maximum Gasteiger partial charge on any atom is 0.342 e. The second-order valence-corrected chi connectivity index (χ2v) is 9.60. The van der Waals surface area contributed by atoms with Crippen LogP contribution >= 0.6 is 15.9 Å². The second-order valence-electron chi connectivity index (χ2n) is 8.68. The molecule has 0 spiro atoms. The summed E-state index contributed by atoms with van der Waals surface area (Å²) in [6.07, 6.45) is 2.32. The van der Waals surface area contributed by atoms with Crippen molar-refractivity contribution in [3.8, 4) is 0 Å². The predicted octanol–water partition coefficient (Wildman–Crippen LogP) is 3.64. The van der Waals surface area contributed by atoms with E-state index in [0.29, 0.717) is 24.1 Å². The summed E-state index contributed by atoms with van der Waals surface area (Å²) in [5, 5.41) is 13.1. The lowest BCUT2D eigenvalue weighted by atomic mass is 9.79. The number of benzene rings is 1. The molecular weight excluding hydrogens is 474 g/mol. The van der Waals surface area contributed by atoms with Crippen molar-refractivity contribution >= 4 is 49.6 Å². The summed E-state index contributed by atoms with van der Waals surface area (Å²) in [5.41, 5.74) is 3.81. The highest BCUT2D eigenvalue weighted by atomic mass is 79.9. The summed E-state index contributed by atoms with van der Waals surface area (Å²) >= 11 is 3.52. The van der Waals surface area contributed by atoms with Gasteiger partial charge in [-0.25, -0.2) is 4.79 Å². The molecule has 0 saturated carbocycles. The first-order chi connectivity index (χ1) is 15.3. The molecule has 0 aliphatic carbocycles. The van der Waals surface area contributed by atoms with Crippen molar-refractivity contribution in [2.24, 2.45) is 0 Å². The zero-order valence-electron chi connectivity index (χ0n) is 17.6. The first-order valence-electron chi connectivity index (χ1n) is 10.6. The molecule has 1 amide bonds. The van der Waals surface area contributed by atoms with Gasteiger partial charge in [-0.2, -0.15) is 0 Å². The number of fused-ring (bicyclic) bond motifs is 6. The number of hydrogen-bond acceptors (Lipinski definition) is 6. The number of aromatic nitrogens is 2. The smallest absolute Gasteiger partial charge is 0.342 e. The van der Waals surface area contributed by atoms with Gasteiger partial charge in [-0.3, -0.25) is 14.8 Å². The summed E-state index contributed by atoms with van der Waals surface area (Å²) < 4.78 is 6.07. The number of pyridine rings is 2. The molecule has 32 heavy (non-hydrogen) atoms. The molecule has 3 aliphatic heterocycles. The Kier molecular flexibility index (Phi) is 4.08. The average Bonchev–Trinajstić information content (AvgIpc) is 3.16. The molecule has 162 valence electrons. The van der Waals surface area contributed by atoms with E-state index in [2.05, 4.69) is 27.8 Å². The Labute approximate surface area is 192 Å². The highest BCUT2D eigenvalue weighted by Crippen LogP contribution is 2.48. The number of cyclic esters (lactones) is 1. The van der Waals surface area contributed by atoms with Crippen LogP contribution in [-0.2, 0) is 20.9 Å². The SMILES string of the molecule is CC[C@@]1(O)C(=O)OCC2=C1CC1c3nc4ccc5ncc(Br)cc5c4c(C)c3CN1C2=O. The van der Waals surface area contributed by atoms with Gasteiger partial charge in [0.2, 0.25) is 0 Å². The summed E-state index contributed by atoms with van der Waals surface area (Å²) in [5.74, 6) is -0.864. The van der Waals surface area contributed by atoms with Crippen LogP contribution < -0.4 is 0 Å². The number of aliphatic hydroxyl groups is 1. The number of carbonyl (C=O) groups excluding carboxylic acids is 2. The van der Waals surface area contributed by atoms with Gasteiger partial charge in [-0.1, -0.05) is 6.92 Å². The van der Waals surface area contributed by atoms with Crippen LogP contribution in [0.25, 0.3) is 21.8 Å². The van der Waals surface area contributed by atoms with Crippen LogP contribution in [0.4, 0.5) is 0 Å². The van der Waals surface area contributed by atoms with Gasteiger partial charge in [0.1, 0.15) is 6.61 Å². The monoisotopic (exact) mass is 493 g/mol. The molecule has 3 aromatic rings. The van der Waals surface area contributed by atoms with E-state index in [-0.39, 0.29) is 25.0 Å². The van der Waals surface area contributed by atoms with Gasteiger partial charge < -0.3 is 14.7 Å². The average molecular weight is 494 g/mol. The number of hydrogen-bond donors (Lipinski definition) is 1. The minimum absolute atomic E-state index is 0.0897. The third kappa shape index (κ3) is 2.45. The van der Waals surface area contributed by atoms with Crippen LogP contribution in [0.2, 0.25) is 0 Å². The van der Waals surface area contributed by atoms with E-state index in [1.54, 1.807) is 18.0 Å². The quantitative estimate of drug-likeness (QED) is 0.410. The van der Waals surface area contributed by atoms with Gasteiger partial charge in [0, 0.05) is 28.0 Å². The molecular formula is C24H20BrN3O4. The van der Waals surface area contributed by atoms with Gasteiger partial charge in [0.05, 0.1) is 28.3 Å². The molecule has 0 bridgehead atoms. The molecule has 0 saturated heterocycles. The first-order valence-corrected chi connectivity index (χ1v) is 11.4. The van der Waals surface area contributed by atoms with Crippen molar-refractivity contribution in [3.05, 3.63) is 56.8 Å². The molecule has 0 radical (unpaired) electrons. The lowest BCUT2D eigenvalue weighted by molar-refractivity contribution is -0.165. The fourth-order valence-electron chi connectivity index (χ4n) is 5.44. The van der Waals surface area contributed by atoms with Crippen LogP contribution in [0.3, 0.4) is 0 Å². The van der Waals surface area contributed by atoms with Crippen molar-refractivity contribution in [2.75, 3.05) is 6.61 Å². The molecule has 2 atom stereocenters. The molecule has 8 heteroatoms. The second kappa shape index (κ2) is 6.59. The number of amides is 1. The number of nitrogens with zero attached hydrogens (tertiary/aromatic N) is 3. The molecule has 7 nitrogen and oxygen atoms in total. The molecule has 1 unspecified atom stereocenters. The Balaban J connectivity index is 1.55. The highest BCUT2D eigenvalue weighted by molar-refractivity contribution is 9.10. The fraction of sp³-hybridized carbons (Fsp3) is 0.333. The minimum Gasteiger partial charge on any atom is -0.458 e. The summed E-state index contributed by atoms with van der Waals surface area (Å²) in [6.45, 7) is 4.15. The Bertz CT molecular complexity index is 1420. The third-order valence-electron chi connectivity index (χ3n) is 7.18. The number of rotatable bonds is 1. The number of carbonyl (C=O) groups is 2. The predicted molar refractivity (Wildman–Crippen MR) is 121 cm³/mol. The number of aryl methyl sites for hydroxylation is 1. The van der Waals surface area contributed by atoms with E-state index in [1.807, 2.05) is 18.2 Å². The van der Waals surface area contributed by atoms with Crippen LogP contribution in [0.5, 0.6) is 0 Å². The highest BCUT2D eigenvalue weighted by Gasteiger charge is 2.52. The van der Waals surface area contributed by atoms with Crippen LogP contribution in [-0.4, -0.2) is 44.1 Å². The Morgan fingerprint density at radius 3 is 2.88 bits per heavy atom. The van der Waals surface area contributed by atoms with Gasteiger partial charge in [0.15, 0.2) is 5.60 Å². The summed E-state index contributed by atoms with van der Waals surface area (Å²) in [6, 6.07) is 5.66. The zero-order valence-corrected chi connectivity index (χ0v) is 19.2. The van der Waals surface area contributed by atoms with Crippen LogP contribution in [0, 0.1) is 6.92 Å². The number of ether oxygens (including phenoxy) is 1. The van der Waals surface area contributed by atoms with Crippen molar-refractivity contribution in [3.63, 3.8) is 0 Å². The Morgan fingerprint density at radius 2 is 2.09 bits per heavy atom. The van der Waals surface area contributed by atoms with Gasteiger partial charge in [-0.15, -0.1) is 0 Å². The van der Waals surface area contributed by atoms with E-state index in [4.69, 9.17) is 9.72 Å². The zero-order chi connectivity index (χ0) is 22.4. The van der Waals surface area contributed by atoms with Crippen molar-refractivity contribution in [1.82, 2.24) is 14.9 Å². The number of esters is 1. The molecule has 0 fully saturated rings. The van der Waals surface area contributed by atoms with Gasteiger partial charge in [-0.05, 0) is 70.6 Å².